The largest absolute Gasteiger partial charge is 0.335 e. The number of likely N-dealkylation sites (N-methyl/N-ethyl adjacent to an activating group) is 1. The van der Waals surface area contributed by atoms with Crippen LogP contribution in [-0.2, 0) is 0 Å². The number of carbonyl (C=O) groups is 1. The van der Waals surface area contributed by atoms with Gasteiger partial charge in [-0.25, -0.2) is 4.98 Å². The standard InChI is InChI=1S/C20H19N3O2/c1-2-22(13-8-11-16-9-4-3-5-10-16)19(24)17-15-21-18-12-6-7-14-23(18)20(17)25/h3-12,14-15H,2,13H2,1H3. The number of amides is 1. The van der Waals surface area contributed by atoms with Crippen molar-refractivity contribution in [2.24, 2.45) is 0 Å². The molecule has 3 aromatic rings. The molecule has 1 amide bonds. The summed E-state index contributed by atoms with van der Waals surface area (Å²) in [6.07, 6.45) is 6.86. The normalized spacial score (nSPS) is 11.1. The fraction of sp³-hybridized carbons (Fsp3) is 0.150. The van der Waals surface area contributed by atoms with Crippen molar-refractivity contribution in [2.75, 3.05) is 13.1 Å². The van der Waals surface area contributed by atoms with Crippen molar-refractivity contribution in [1.82, 2.24) is 14.3 Å². The van der Waals surface area contributed by atoms with Gasteiger partial charge >= 0.3 is 0 Å². The van der Waals surface area contributed by atoms with E-state index in [-0.39, 0.29) is 17.0 Å². The van der Waals surface area contributed by atoms with Crippen LogP contribution in [0, 0.1) is 0 Å². The minimum atomic E-state index is -0.346. The summed E-state index contributed by atoms with van der Waals surface area (Å²) < 4.78 is 1.39. The lowest BCUT2D eigenvalue weighted by atomic mass is 10.2. The average molecular weight is 333 g/mol. The second-order valence-electron chi connectivity index (χ2n) is 5.56. The Hall–Kier alpha value is -3.21. The van der Waals surface area contributed by atoms with Crippen LogP contribution in [-0.4, -0.2) is 33.3 Å². The van der Waals surface area contributed by atoms with Gasteiger partial charge in [-0.05, 0) is 24.6 Å². The lowest BCUT2D eigenvalue weighted by Crippen LogP contribution is -2.36. The molecule has 0 aliphatic rings. The van der Waals surface area contributed by atoms with Gasteiger partial charge < -0.3 is 4.90 Å². The zero-order valence-corrected chi connectivity index (χ0v) is 14.0. The highest BCUT2D eigenvalue weighted by Gasteiger charge is 2.18. The third kappa shape index (κ3) is 3.66. The van der Waals surface area contributed by atoms with Gasteiger partial charge in [0, 0.05) is 25.5 Å². The number of pyridine rings is 1. The van der Waals surface area contributed by atoms with Crippen LogP contribution in [0.3, 0.4) is 0 Å². The molecule has 0 aliphatic heterocycles. The Labute approximate surface area is 145 Å². The van der Waals surface area contributed by atoms with Crippen LogP contribution in [0.5, 0.6) is 0 Å². The minimum Gasteiger partial charge on any atom is -0.335 e. The Bertz CT molecular complexity index is 961. The molecule has 2 aromatic heterocycles. The number of benzene rings is 1. The van der Waals surface area contributed by atoms with Crippen molar-refractivity contribution >= 4 is 17.6 Å². The van der Waals surface area contributed by atoms with E-state index in [0.717, 1.165) is 5.56 Å². The maximum Gasteiger partial charge on any atom is 0.270 e. The summed E-state index contributed by atoms with van der Waals surface area (Å²) >= 11 is 0. The average Bonchev–Trinajstić information content (AvgIpc) is 2.66. The van der Waals surface area contributed by atoms with Crippen molar-refractivity contribution in [3.8, 4) is 0 Å². The molecule has 3 rings (SSSR count). The molecule has 0 N–H and O–H groups in total. The van der Waals surface area contributed by atoms with Gasteiger partial charge in [0.05, 0.1) is 0 Å². The molecule has 1 aromatic carbocycles. The summed E-state index contributed by atoms with van der Waals surface area (Å²) in [5, 5.41) is 0. The molecule has 2 heterocycles. The molecule has 5 heteroatoms. The quantitative estimate of drug-likeness (QED) is 0.721. The van der Waals surface area contributed by atoms with Crippen molar-refractivity contribution in [2.45, 2.75) is 6.92 Å². The van der Waals surface area contributed by atoms with Crippen LogP contribution in [0.2, 0.25) is 0 Å². The molecule has 0 unspecified atom stereocenters. The highest BCUT2D eigenvalue weighted by molar-refractivity contribution is 5.93. The molecule has 0 aliphatic carbocycles. The Kier molecular flexibility index (Phi) is 5.04. The fourth-order valence-electron chi connectivity index (χ4n) is 2.58. The molecule has 0 fully saturated rings. The van der Waals surface area contributed by atoms with Crippen LogP contribution >= 0.6 is 0 Å². The van der Waals surface area contributed by atoms with Crippen molar-refractivity contribution < 1.29 is 4.79 Å². The van der Waals surface area contributed by atoms with Crippen molar-refractivity contribution in [3.05, 3.63) is 88.5 Å². The van der Waals surface area contributed by atoms with E-state index < -0.39 is 0 Å². The molecule has 0 saturated heterocycles. The smallest absolute Gasteiger partial charge is 0.270 e. The second-order valence-corrected chi connectivity index (χ2v) is 5.56. The first-order valence-corrected chi connectivity index (χ1v) is 8.18. The van der Waals surface area contributed by atoms with Crippen molar-refractivity contribution in [3.63, 3.8) is 0 Å². The summed E-state index contributed by atoms with van der Waals surface area (Å²) in [4.78, 5) is 31.1. The Morgan fingerprint density at radius 1 is 1.16 bits per heavy atom. The molecular formula is C20H19N3O2. The van der Waals surface area contributed by atoms with Crippen LogP contribution < -0.4 is 5.56 Å². The first-order valence-electron chi connectivity index (χ1n) is 8.18. The van der Waals surface area contributed by atoms with Crippen LogP contribution in [0.15, 0.2) is 71.8 Å². The van der Waals surface area contributed by atoms with E-state index in [4.69, 9.17) is 0 Å². The maximum atomic E-state index is 12.7. The molecule has 0 spiro atoms. The number of nitrogens with zero attached hydrogens (tertiary/aromatic N) is 3. The van der Waals surface area contributed by atoms with Gasteiger partial charge in [-0.2, -0.15) is 0 Å². The van der Waals surface area contributed by atoms with E-state index in [1.807, 2.05) is 49.4 Å². The summed E-state index contributed by atoms with van der Waals surface area (Å²) in [7, 11) is 0. The third-order valence-corrected chi connectivity index (χ3v) is 3.95. The van der Waals surface area contributed by atoms with Crippen LogP contribution in [0.25, 0.3) is 11.7 Å². The van der Waals surface area contributed by atoms with Gasteiger partial charge in [0.2, 0.25) is 0 Å². The molecule has 126 valence electrons. The number of hydrogen-bond acceptors (Lipinski definition) is 3. The lowest BCUT2D eigenvalue weighted by Gasteiger charge is -2.18. The second kappa shape index (κ2) is 7.57. The third-order valence-electron chi connectivity index (χ3n) is 3.95. The maximum absolute atomic E-state index is 12.7. The predicted molar refractivity (Wildman–Crippen MR) is 98.5 cm³/mol. The van der Waals surface area contributed by atoms with Crippen molar-refractivity contribution in [1.29, 1.82) is 0 Å². The van der Waals surface area contributed by atoms with Gasteiger partial charge in [0.1, 0.15) is 11.2 Å². The number of aromatic nitrogens is 2. The summed E-state index contributed by atoms with van der Waals surface area (Å²) in [5.41, 5.74) is 1.33. The number of carbonyl (C=O) groups excluding carboxylic acids is 1. The Morgan fingerprint density at radius 2 is 1.92 bits per heavy atom. The number of fused-ring (bicyclic) bond motifs is 1. The molecule has 5 nitrogen and oxygen atoms in total. The van der Waals surface area contributed by atoms with E-state index in [1.165, 1.54) is 10.6 Å². The first kappa shape index (κ1) is 16.6. The molecule has 0 radical (unpaired) electrons. The molecule has 25 heavy (non-hydrogen) atoms. The number of hydrogen-bond donors (Lipinski definition) is 0. The highest BCUT2D eigenvalue weighted by atomic mass is 16.2. The van der Waals surface area contributed by atoms with Gasteiger partial charge in [0.15, 0.2) is 0 Å². The summed E-state index contributed by atoms with van der Waals surface area (Å²) in [6.45, 7) is 2.83. The molecule has 0 saturated carbocycles. The van der Waals surface area contributed by atoms with Gasteiger partial charge in [0.25, 0.3) is 11.5 Å². The summed E-state index contributed by atoms with van der Waals surface area (Å²) in [6, 6.07) is 15.1. The lowest BCUT2D eigenvalue weighted by molar-refractivity contribution is 0.0780. The fourth-order valence-corrected chi connectivity index (χ4v) is 2.58. The van der Waals surface area contributed by atoms with E-state index in [9.17, 15) is 9.59 Å². The van der Waals surface area contributed by atoms with E-state index >= 15 is 0 Å². The topological polar surface area (TPSA) is 54.7 Å². The predicted octanol–water partition coefficient (Wildman–Crippen LogP) is 2.87. The van der Waals surface area contributed by atoms with E-state index in [1.54, 1.807) is 29.3 Å². The molecular weight excluding hydrogens is 314 g/mol. The first-order chi connectivity index (χ1) is 12.2. The SMILES string of the molecule is CCN(CC=Cc1ccccc1)C(=O)c1cnc2ccccn2c1=O. The van der Waals surface area contributed by atoms with E-state index in [0.29, 0.717) is 18.7 Å². The highest BCUT2D eigenvalue weighted by Crippen LogP contribution is 2.05. The molecule has 0 atom stereocenters. The van der Waals surface area contributed by atoms with Gasteiger partial charge in [-0.3, -0.25) is 14.0 Å². The van der Waals surface area contributed by atoms with Gasteiger partial charge in [-0.1, -0.05) is 48.6 Å². The monoisotopic (exact) mass is 333 g/mol. The zero-order valence-electron chi connectivity index (χ0n) is 14.0. The van der Waals surface area contributed by atoms with E-state index in [2.05, 4.69) is 4.98 Å². The minimum absolute atomic E-state index is 0.0821. The number of rotatable bonds is 5. The van der Waals surface area contributed by atoms with Gasteiger partial charge in [-0.15, -0.1) is 0 Å². The van der Waals surface area contributed by atoms with Crippen LogP contribution in [0.1, 0.15) is 22.8 Å². The van der Waals surface area contributed by atoms with Crippen LogP contribution in [0.4, 0.5) is 0 Å². The Morgan fingerprint density at radius 3 is 2.68 bits per heavy atom. The Balaban J connectivity index is 1.82. The summed E-state index contributed by atoms with van der Waals surface area (Å²) in [5.74, 6) is -0.309. The molecule has 0 bridgehead atoms. The zero-order chi connectivity index (χ0) is 17.6.